The van der Waals surface area contributed by atoms with Gasteiger partial charge in [-0.2, -0.15) is 21.6 Å². The van der Waals surface area contributed by atoms with E-state index in [2.05, 4.69) is 36.1 Å². The first-order valence-corrected chi connectivity index (χ1v) is 12.2. The Morgan fingerprint density at radius 3 is 2.37 bits per heavy atom. The highest BCUT2D eigenvalue weighted by Gasteiger charge is 2.44. The molecule has 5 nitrogen and oxygen atoms in total. The number of benzene rings is 1. The van der Waals surface area contributed by atoms with Crippen molar-refractivity contribution in [3.63, 3.8) is 0 Å². The monoisotopic (exact) mass is 467 g/mol. The topological polar surface area (TPSA) is 66.8 Å². The van der Waals surface area contributed by atoms with E-state index in [0.717, 1.165) is 18.3 Å². The Morgan fingerprint density at radius 1 is 1.20 bits per heavy atom. The number of nitrogens with zero attached hydrogens (tertiary/aromatic N) is 1. The zero-order valence-electron chi connectivity index (χ0n) is 17.1. The van der Waals surface area contributed by atoms with Crippen molar-refractivity contribution >= 4 is 31.5 Å². The van der Waals surface area contributed by atoms with Crippen molar-refractivity contribution in [1.29, 1.82) is 0 Å². The number of piperidine rings is 1. The van der Waals surface area contributed by atoms with Gasteiger partial charge in [0.05, 0.1) is 6.61 Å². The molecule has 0 unspecified atom stereocenters. The molecule has 1 aromatic carbocycles. The summed E-state index contributed by atoms with van der Waals surface area (Å²) < 4.78 is 64.5. The summed E-state index contributed by atoms with van der Waals surface area (Å²) in [5.74, 6) is 1.75. The smallest absolute Gasteiger partial charge is 0.494 e. The van der Waals surface area contributed by atoms with Crippen LogP contribution in [-0.4, -0.2) is 49.6 Å². The third kappa shape index (κ3) is 7.11. The SMILES string of the molecule is CCCCN1CCC(c2cc3ccc(OCC)cc3s2)CC1.O=S(=O)(O)C(F)(F)F. The van der Waals surface area contributed by atoms with Gasteiger partial charge in [0.1, 0.15) is 5.75 Å². The van der Waals surface area contributed by atoms with Crippen molar-refractivity contribution in [2.24, 2.45) is 0 Å². The predicted octanol–water partition coefficient (Wildman–Crippen LogP) is 5.67. The molecule has 0 spiro atoms. The summed E-state index contributed by atoms with van der Waals surface area (Å²) in [6.07, 6.45) is 5.27. The fourth-order valence-corrected chi connectivity index (χ4v) is 4.57. The standard InChI is InChI=1S/C19H27NOS.CHF3O3S/c1-3-5-10-20-11-8-15(9-12-20)18-13-16-6-7-17(21-4-2)14-19(16)22-18;2-1(3,4)8(5,6)7/h6-7,13-15H,3-5,8-12H2,1-2H3;(H,5,6,7). The van der Waals surface area contributed by atoms with Crippen LogP contribution >= 0.6 is 11.3 Å². The highest BCUT2D eigenvalue weighted by atomic mass is 32.2. The van der Waals surface area contributed by atoms with E-state index in [-0.39, 0.29) is 0 Å². The molecule has 10 heteroatoms. The van der Waals surface area contributed by atoms with Crippen LogP contribution in [0.1, 0.15) is 50.3 Å². The molecule has 0 radical (unpaired) electrons. The van der Waals surface area contributed by atoms with Crippen LogP contribution in [0.3, 0.4) is 0 Å². The van der Waals surface area contributed by atoms with Crippen LogP contribution in [0.15, 0.2) is 24.3 Å². The first-order chi connectivity index (χ1) is 14.0. The first kappa shape index (κ1) is 24.9. The summed E-state index contributed by atoms with van der Waals surface area (Å²) in [6, 6.07) is 8.90. The van der Waals surface area contributed by atoms with Crippen LogP contribution in [0.4, 0.5) is 13.2 Å². The maximum atomic E-state index is 10.7. The number of hydrogen-bond donors (Lipinski definition) is 1. The molecule has 0 saturated carbocycles. The second-order valence-electron chi connectivity index (χ2n) is 7.17. The minimum Gasteiger partial charge on any atom is -0.494 e. The predicted molar refractivity (Wildman–Crippen MR) is 114 cm³/mol. The van der Waals surface area contributed by atoms with Crippen LogP contribution in [-0.2, 0) is 10.1 Å². The second kappa shape index (κ2) is 10.8. The van der Waals surface area contributed by atoms with Gasteiger partial charge < -0.3 is 9.64 Å². The highest BCUT2D eigenvalue weighted by Crippen LogP contribution is 2.37. The van der Waals surface area contributed by atoms with E-state index in [4.69, 9.17) is 17.7 Å². The second-order valence-corrected chi connectivity index (χ2v) is 9.70. The molecule has 2 aromatic rings. The summed E-state index contributed by atoms with van der Waals surface area (Å²) in [6.45, 7) is 8.87. The average molecular weight is 468 g/mol. The lowest BCUT2D eigenvalue weighted by Crippen LogP contribution is -2.33. The van der Waals surface area contributed by atoms with Gasteiger partial charge >= 0.3 is 15.6 Å². The largest absolute Gasteiger partial charge is 0.522 e. The van der Waals surface area contributed by atoms with Gasteiger partial charge in [-0.1, -0.05) is 13.3 Å². The lowest BCUT2D eigenvalue weighted by molar-refractivity contribution is -0.0510. The molecule has 30 heavy (non-hydrogen) atoms. The number of thiophene rings is 1. The van der Waals surface area contributed by atoms with Crippen molar-refractivity contribution in [1.82, 2.24) is 4.90 Å². The van der Waals surface area contributed by atoms with E-state index in [0.29, 0.717) is 0 Å². The molecule has 1 aliphatic rings. The Balaban J connectivity index is 0.000000343. The number of fused-ring (bicyclic) bond motifs is 1. The maximum Gasteiger partial charge on any atom is 0.522 e. The van der Waals surface area contributed by atoms with Gasteiger partial charge in [-0.05, 0) is 81.4 Å². The average Bonchev–Trinajstić information content (AvgIpc) is 3.09. The molecule has 0 atom stereocenters. The zero-order chi connectivity index (χ0) is 22.4. The van der Waals surface area contributed by atoms with Crippen LogP contribution in [0, 0.1) is 0 Å². The molecule has 0 bridgehead atoms. The molecule has 1 saturated heterocycles. The molecule has 1 N–H and O–H groups in total. The molecule has 0 aliphatic carbocycles. The van der Waals surface area contributed by atoms with E-state index < -0.39 is 15.6 Å². The minimum atomic E-state index is -5.84. The van der Waals surface area contributed by atoms with Gasteiger partial charge in [0.25, 0.3) is 0 Å². The van der Waals surface area contributed by atoms with Gasteiger partial charge in [-0.15, -0.1) is 11.3 Å². The number of halogens is 3. The number of likely N-dealkylation sites (tertiary alicyclic amines) is 1. The van der Waals surface area contributed by atoms with Crippen molar-refractivity contribution in [2.75, 3.05) is 26.2 Å². The zero-order valence-corrected chi connectivity index (χ0v) is 18.7. The van der Waals surface area contributed by atoms with Crippen molar-refractivity contribution in [3.8, 4) is 5.75 Å². The lowest BCUT2D eigenvalue weighted by Gasteiger charge is -2.31. The van der Waals surface area contributed by atoms with E-state index in [9.17, 15) is 13.2 Å². The van der Waals surface area contributed by atoms with Crippen molar-refractivity contribution in [3.05, 3.63) is 29.1 Å². The van der Waals surface area contributed by atoms with E-state index in [1.807, 2.05) is 18.3 Å². The van der Waals surface area contributed by atoms with Gasteiger partial charge in [0.2, 0.25) is 0 Å². The molecule has 3 rings (SSSR count). The van der Waals surface area contributed by atoms with Gasteiger partial charge in [-0.3, -0.25) is 4.55 Å². The fraction of sp³-hybridized carbons (Fsp3) is 0.600. The van der Waals surface area contributed by atoms with Crippen LogP contribution in [0.25, 0.3) is 10.1 Å². The number of ether oxygens (including phenoxy) is 1. The molecular formula is C20H28F3NO4S2. The van der Waals surface area contributed by atoms with Gasteiger partial charge in [0, 0.05) is 9.58 Å². The number of rotatable bonds is 6. The third-order valence-corrected chi connectivity index (χ3v) is 6.78. The molecule has 1 aromatic heterocycles. The van der Waals surface area contributed by atoms with E-state index in [1.54, 1.807) is 4.88 Å². The van der Waals surface area contributed by atoms with Crippen LogP contribution < -0.4 is 4.74 Å². The molecular weight excluding hydrogens is 439 g/mol. The van der Waals surface area contributed by atoms with Crippen molar-refractivity contribution in [2.45, 2.75) is 51.0 Å². The van der Waals surface area contributed by atoms with E-state index in [1.165, 1.54) is 55.4 Å². The van der Waals surface area contributed by atoms with E-state index >= 15 is 0 Å². The number of alkyl halides is 3. The van der Waals surface area contributed by atoms with Crippen molar-refractivity contribution < 1.29 is 30.9 Å². The molecule has 170 valence electrons. The molecule has 0 amide bonds. The summed E-state index contributed by atoms with van der Waals surface area (Å²) >= 11 is 1.96. The minimum absolute atomic E-state index is 0.736. The Hall–Kier alpha value is -1.36. The Labute approximate surface area is 179 Å². The fourth-order valence-electron chi connectivity index (χ4n) is 3.31. The summed E-state index contributed by atoms with van der Waals surface area (Å²) in [5.41, 5.74) is -5.53. The Morgan fingerprint density at radius 2 is 1.83 bits per heavy atom. The lowest BCUT2D eigenvalue weighted by atomic mass is 9.95. The molecule has 1 fully saturated rings. The molecule has 2 heterocycles. The van der Waals surface area contributed by atoms with Gasteiger partial charge in [-0.25, -0.2) is 0 Å². The number of hydrogen-bond acceptors (Lipinski definition) is 5. The Bertz CT molecular complexity index is 904. The quantitative estimate of drug-likeness (QED) is 0.438. The van der Waals surface area contributed by atoms with Crippen LogP contribution in [0.5, 0.6) is 5.75 Å². The van der Waals surface area contributed by atoms with Gasteiger partial charge in [0.15, 0.2) is 0 Å². The summed E-state index contributed by atoms with van der Waals surface area (Å²) in [5, 5.41) is 1.37. The highest BCUT2D eigenvalue weighted by molar-refractivity contribution is 7.86. The Kier molecular flexibility index (Phi) is 8.96. The normalized spacial score (nSPS) is 16.3. The maximum absolute atomic E-state index is 10.7. The number of unbranched alkanes of at least 4 members (excludes halogenated alkanes) is 1. The molecule has 1 aliphatic heterocycles. The summed E-state index contributed by atoms with van der Waals surface area (Å²) in [7, 11) is -5.84. The van der Waals surface area contributed by atoms with Crippen LogP contribution in [0.2, 0.25) is 0 Å². The first-order valence-electron chi connectivity index (χ1n) is 9.97. The summed E-state index contributed by atoms with van der Waals surface area (Å²) in [4.78, 5) is 4.21. The third-order valence-electron chi connectivity index (χ3n) is 4.93.